The molecule has 3 aliphatic heterocycles. The zero-order chi connectivity index (χ0) is 17.3. The Morgan fingerprint density at radius 2 is 1.80 bits per heavy atom. The van der Waals surface area contributed by atoms with Gasteiger partial charge in [0.25, 0.3) is 0 Å². The number of rotatable bonds is 3. The van der Waals surface area contributed by atoms with Crippen LogP contribution >= 0.6 is 0 Å². The van der Waals surface area contributed by atoms with Crippen molar-refractivity contribution in [3.05, 3.63) is 0 Å². The zero-order valence-electron chi connectivity index (χ0n) is 15.4. The summed E-state index contributed by atoms with van der Waals surface area (Å²) in [5.41, 5.74) is 0.259. The minimum atomic E-state index is 0.259. The summed E-state index contributed by atoms with van der Waals surface area (Å²) < 4.78 is 5.45. The molecular formula is C20H32N2O3. The van der Waals surface area contributed by atoms with E-state index >= 15 is 0 Å². The van der Waals surface area contributed by atoms with Gasteiger partial charge < -0.3 is 14.5 Å². The van der Waals surface area contributed by atoms with Crippen LogP contribution in [-0.4, -0.2) is 61.0 Å². The second-order valence-corrected chi connectivity index (χ2v) is 8.78. The van der Waals surface area contributed by atoms with Gasteiger partial charge in [-0.3, -0.25) is 9.59 Å². The molecule has 3 saturated heterocycles. The molecule has 1 spiro atoms. The number of carbonyl (C=O) groups excluding carboxylic acids is 2. The molecule has 4 rings (SSSR count). The van der Waals surface area contributed by atoms with Gasteiger partial charge in [-0.05, 0) is 56.3 Å². The topological polar surface area (TPSA) is 49.9 Å². The molecular weight excluding hydrogens is 316 g/mol. The summed E-state index contributed by atoms with van der Waals surface area (Å²) in [6.45, 7) is 5.30. The molecule has 0 radical (unpaired) electrons. The van der Waals surface area contributed by atoms with Crippen molar-refractivity contribution in [1.82, 2.24) is 9.80 Å². The first-order valence-electron chi connectivity index (χ1n) is 10.3. The van der Waals surface area contributed by atoms with Crippen molar-refractivity contribution < 1.29 is 14.3 Å². The van der Waals surface area contributed by atoms with Crippen LogP contribution in [0.4, 0.5) is 0 Å². The van der Waals surface area contributed by atoms with Crippen LogP contribution in [0.3, 0.4) is 0 Å². The van der Waals surface area contributed by atoms with Gasteiger partial charge in [-0.15, -0.1) is 0 Å². The van der Waals surface area contributed by atoms with Crippen molar-refractivity contribution in [2.24, 2.45) is 17.3 Å². The van der Waals surface area contributed by atoms with Gasteiger partial charge in [0.1, 0.15) is 0 Å². The van der Waals surface area contributed by atoms with Gasteiger partial charge in [-0.25, -0.2) is 0 Å². The molecule has 5 nitrogen and oxygen atoms in total. The van der Waals surface area contributed by atoms with Crippen molar-refractivity contribution in [1.29, 1.82) is 0 Å². The first-order valence-corrected chi connectivity index (χ1v) is 10.3. The van der Waals surface area contributed by atoms with Gasteiger partial charge in [-0.2, -0.15) is 0 Å². The molecule has 3 heterocycles. The minimum absolute atomic E-state index is 0.259. The van der Waals surface area contributed by atoms with Gasteiger partial charge in [0.15, 0.2) is 0 Å². The molecule has 0 aromatic carbocycles. The van der Waals surface area contributed by atoms with Crippen molar-refractivity contribution in [3.8, 4) is 0 Å². The average Bonchev–Trinajstić information content (AvgIpc) is 2.58. The zero-order valence-corrected chi connectivity index (χ0v) is 15.4. The van der Waals surface area contributed by atoms with E-state index in [0.717, 1.165) is 84.3 Å². The fraction of sp³-hybridized carbons (Fsp3) is 0.900. The SMILES string of the molecule is O=C1CCC2(CCN(C(=O)C3CCC3)CC2)CN1CC1CCOCC1. The van der Waals surface area contributed by atoms with Gasteiger partial charge in [-0.1, -0.05) is 6.42 Å². The molecule has 0 N–H and O–H groups in total. The molecule has 0 bridgehead atoms. The van der Waals surface area contributed by atoms with E-state index in [9.17, 15) is 9.59 Å². The number of carbonyl (C=O) groups is 2. The lowest BCUT2D eigenvalue weighted by atomic mass is 9.71. The van der Waals surface area contributed by atoms with E-state index in [4.69, 9.17) is 4.74 Å². The van der Waals surface area contributed by atoms with Crippen molar-refractivity contribution >= 4 is 11.8 Å². The lowest BCUT2D eigenvalue weighted by Crippen LogP contribution is -2.54. The fourth-order valence-corrected chi connectivity index (χ4v) is 5.03. The second-order valence-electron chi connectivity index (χ2n) is 8.78. The maximum Gasteiger partial charge on any atom is 0.225 e. The van der Waals surface area contributed by atoms with Crippen molar-refractivity contribution in [2.45, 2.75) is 57.8 Å². The van der Waals surface area contributed by atoms with E-state index in [1.807, 2.05) is 0 Å². The molecule has 1 aliphatic carbocycles. The molecule has 4 fully saturated rings. The Labute approximate surface area is 151 Å². The van der Waals surface area contributed by atoms with Gasteiger partial charge in [0, 0.05) is 51.7 Å². The highest BCUT2D eigenvalue weighted by molar-refractivity contribution is 5.80. The molecule has 1 saturated carbocycles. The summed E-state index contributed by atoms with van der Waals surface area (Å²) in [7, 11) is 0. The van der Waals surface area contributed by atoms with E-state index in [2.05, 4.69) is 9.80 Å². The summed E-state index contributed by atoms with van der Waals surface area (Å²) >= 11 is 0. The van der Waals surface area contributed by atoms with Crippen molar-refractivity contribution in [2.75, 3.05) is 39.4 Å². The monoisotopic (exact) mass is 348 g/mol. The van der Waals surface area contributed by atoms with Crippen LogP contribution in [0.15, 0.2) is 0 Å². The van der Waals surface area contributed by atoms with Crippen LogP contribution in [0.1, 0.15) is 57.8 Å². The van der Waals surface area contributed by atoms with Crippen LogP contribution in [0.5, 0.6) is 0 Å². The highest BCUT2D eigenvalue weighted by Gasteiger charge is 2.43. The predicted octanol–water partition coefficient (Wildman–Crippen LogP) is 2.44. The Kier molecular flexibility index (Phi) is 5.03. The highest BCUT2D eigenvalue weighted by atomic mass is 16.5. The number of hydrogen-bond acceptors (Lipinski definition) is 3. The summed E-state index contributed by atoms with van der Waals surface area (Å²) in [6, 6.07) is 0. The highest BCUT2D eigenvalue weighted by Crippen LogP contribution is 2.41. The smallest absolute Gasteiger partial charge is 0.225 e. The maximum absolute atomic E-state index is 12.5. The van der Waals surface area contributed by atoms with E-state index in [1.54, 1.807) is 0 Å². The van der Waals surface area contributed by atoms with Crippen LogP contribution < -0.4 is 0 Å². The molecule has 0 aromatic rings. The number of piperidine rings is 2. The van der Waals surface area contributed by atoms with Gasteiger partial charge in [0.05, 0.1) is 0 Å². The number of amides is 2. The maximum atomic E-state index is 12.5. The first-order chi connectivity index (χ1) is 12.2. The van der Waals surface area contributed by atoms with Gasteiger partial charge >= 0.3 is 0 Å². The lowest BCUT2D eigenvalue weighted by Gasteiger charge is -2.48. The third-order valence-electron chi connectivity index (χ3n) is 7.16. The molecule has 140 valence electrons. The molecule has 5 heteroatoms. The van der Waals surface area contributed by atoms with E-state index < -0.39 is 0 Å². The van der Waals surface area contributed by atoms with E-state index in [1.165, 1.54) is 6.42 Å². The second kappa shape index (κ2) is 7.26. The standard InChI is InChI=1S/C20H32N2O3/c23-18-4-7-20(15-22(18)14-16-5-12-25-13-6-16)8-10-21(11-9-20)19(24)17-2-1-3-17/h16-17H,1-15H2. The van der Waals surface area contributed by atoms with Gasteiger partial charge in [0.2, 0.25) is 11.8 Å². The summed E-state index contributed by atoms with van der Waals surface area (Å²) in [5, 5.41) is 0. The number of ether oxygens (including phenoxy) is 1. The Morgan fingerprint density at radius 3 is 2.44 bits per heavy atom. The normalized spacial score (nSPS) is 28.2. The number of hydrogen-bond donors (Lipinski definition) is 0. The Bertz CT molecular complexity index is 503. The lowest BCUT2D eigenvalue weighted by molar-refractivity contribution is -0.146. The Balaban J connectivity index is 1.32. The minimum Gasteiger partial charge on any atom is -0.381 e. The summed E-state index contributed by atoms with van der Waals surface area (Å²) in [4.78, 5) is 29.2. The fourth-order valence-electron chi connectivity index (χ4n) is 5.03. The van der Waals surface area contributed by atoms with Crippen LogP contribution in [0.2, 0.25) is 0 Å². The van der Waals surface area contributed by atoms with Crippen LogP contribution in [0.25, 0.3) is 0 Å². The Morgan fingerprint density at radius 1 is 1.08 bits per heavy atom. The van der Waals surface area contributed by atoms with Crippen molar-refractivity contribution in [3.63, 3.8) is 0 Å². The number of likely N-dealkylation sites (tertiary alicyclic amines) is 2. The van der Waals surface area contributed by atoms with E-state index in [-0.39, 0.29) is 5.41 Å². The molecule has 0 aromatic heterocycles. The Hall–Kier alpha value is -1.10. The predicted molar refractivity (Wildman–Crippen MR) is 94.9 cm³/mol. The first kappa shape index (κ1) is 17.3. The quantitative estimate of drug-likeness (QED) is 0.787. The average molecular weight is 348 g/mol. The molecule has 2 amide bonds. The molecule has 4 aliphatic rings. The summed E-state index contributed by atoms with van der Waals surface area (Å²) in [5.74, 6) is 1.65. The largest absolute Gasteiger partial charge is 0.381 e. The number of nitrogens with zero attached hydrogens (tertiary/aromatic N) is 2. The molecule has 25 heavy (non-hydrogen) atoms. The molecule has 0 unspecified atom stereocenters. The van der Waals surface area contributed by atoms with Crippen LogP contribution in [0, 0.1) is 17.3 Å². The van der Waals surface area contributed by atoms with Crippen LogP contribution in [-0.2, 0) is 14.3 Å². The van der Waals surface area contributed by atoms with E-state index in [0.29, 0.717) is 30.1 Å². The summed E-state index contributed by atoms with van der Waals surface area (Å²) in [6.07, 6.45) is 9.42. The third-order valence-corrected chi connectivity index (χ3v) is 7.16. The third kappa shape index (κ3) is 3.71. The molecule has 0 atom stereocenters.